The maximum Gasteiger partial charge on any atom is 0.0843 e. The van der Waals surface area contributed by atoms with Crippen LogP contribution in [0.1, 0.15) is 22.0 Å². The van der Waals surface area contributed by atoms with Crippen molar-refractivity contribution in [3.63, 3.8) is 0 Å². The van der Waals surface area contributed by atoms with Crippen molar-refractivity contribution in [1.82, 2.24) is 5.43 Å². The summed E-state index contributed by atoms with van der Waals surface area (Å²) in [5.41, 5.74) is 5.52. The van der Waals surface area contributed by atoms with Gasteiger partial charge in [-0.1, -0.05) is 24.3 Å². The number of hydrogen-bond donors (Lipinski definition) is 2. The predicted molar refractivity (Wildman–Crippen MR) is 84.7 cm³/mol. The van der Waals surface area contributed by atoms with Gasteiger partial charge in [-0.25, -0.2) is 0 Å². The monoisotopic (exact) mass is 388 g/mol. The number of benzene rings is 1. The maximum atomic E-state index is 5.69. The zero-order valence-electron chi connectivity index (χ0n) is 9.91. The maximum absolute atomic E-state index is 5.69. The molecule has 18 heavy (non-hydrogen) atoms. The summed E-state index contributed by atoms with van der Waals surface area (Å²) >= 11 is 8.72. The normalized spacial score (nSPS) is 12.7. The molecule has 2 rings (SSSR count). The van der Waals surface area contributed by atoms with Gasteiger partial charge in [0.25, 0.3) is 0 Å². The summed E-state index contributed by atoms with van der Waals surface area (Å²) in [5.74, 6) is 5.69. The van der Waals surface area contributed by atoms with E-state index >= 15 is 0 Å². The van der Waals surface area contributed by atoms with Crippen molar-refractivity contribution in [2.45, 2.75) is 19.4 Å². The van der Waals surface area contributed by atoms with Crippen molar-refractivity contribution in [3.05, 3.63) is 54.6 Å². The minimum absolute atomic E-state index is 0.138. The van der Waals surface area contributed by atoms with Crippen molar-refractivity contribution in [1.29, 1.82) is 0 Å². The van der Waals surface area contributed by atoms with Crippen LogP contribution in [-0.2, 0) is 6.42 Å². The number of nitrogens with two attached hydrogens (primary N) is 1. The Kier molecular flexibility index (Phi) is 4.98. The molecule has 0 amide bonds. The highest BCUT2D eigenvalue weighted by Gasteiger charge is 2.15. The number of halogens is 2. The van der Waals surface area contributed by atoms with E-state index in [0.717, 1.165) is 14.7 Å². The molecule has 1 unspecified atom stereocenters. The van der Waals surface area contributed by atoms with Crippen LogP contribution in [-0.4, -0.2) is 0 Å². The molecule has 1 atom stereocenters. The van der Waals surface area contributed by atoms with Gasteiger partial charge < -0.3 is 0 Å². The summed E-state index contributed by atoms with van der Waals surface area (Å²) < 4.78 is 2.18. The molecular formula is C13H14Br2N2S. The lowest BCUT2D eigenvalue weighted by atomic mass is 10.0. The number of nitrogens with one attached hydrogen (secondary N) is 1. The van der Waals surface area contributed by atoms with Crippen molar-refractivity contribution < 1.29 is 0 Å². The summed E-state index contributed by atoms with van der Waals surface area (Å²) in [7, 11) is 0. The molecule has 0 saturated carbocycles. The fourth-order valence-corrected chi connectivity index (χ4v) is 3.99. The van der Waals surface area contributed by atoms with Gasteiger partial charge in [0.1, 0.15) is 0 Å². The topological polar surface area (TPSA) is 38.0 Å². The van der Waals surface area contributed by atoms with Crippen LogP contribution in [0.25, 0.3) is 0 Å². The second kappa shape index (κ2) is 6.30. The highest BCUT2D eigenvalue weighted by Crippen LogP contribution is 2.36. The van der Waals surface area contributed by atoms with Crippen LogP contribution in [0.5, 0.6) is 0 Å². The molecule has 2 nitrogen and oxygen atoms in total. The van der Waals surface area contributed by atoms with E-state index in [9.17, 15) is 0 Å². The lowest BCUT2D eigenvalue weighted by Crippen LogP contribution is -2.29. The third kappa shape index (κ3) is 3.22. The molecule has 0 fully saturated rings. The first-order valence-electron chi connectivity index (χ1n) is 5.57. The number of rotatable bonds is 4. The molecule has 0 spiro atoms. The molecule has 3 N–H and O–H groups in total. The quantitative estimate of drug-likeness (QED) is 0.603. The molecule has 0 radical (unpaired) electrons. The van der Waals surface area contributed by atoms with Crippen LogP contribution in [0.15, 0.2) is 38.6 Å². The number of thiophene rings is 1. The van der Waals surface area contributed by atoms with Crippen LogP contribution < -0.4 is 11.3 Å². The second-order valence-electron chi connectivity index (χ2n) is 4.12. The largest absolute Gasteiger partial charge is 0.271 e. The second-order valence-corrected chi connectivity index (χ2v) is 7.38. The highest BCUT2D eigenvalue weighted by atomic mass is 79.9. The van der Waals surface area contributed by atoms with E-state index in [2.05, 4.69) is 74.5 Å². The molecule has 0 bridgehead atoms. The summed E-state index contributed by atoms with van der Waals surface area (Å²) in [6, 6.07) is 10.6. The summed E-state index contributed by atoms with van der Waals surface area (Å²) in [6.07, 6.45) is 0.891. The van der Waals surface area contributed by atoms with Crippen LogP contribution >= 0.6 is 43.2 Å². The minimum Gasteiger partial charge on any atom is -0.271 e. The van der Waals surface area contributed by atoms with Crippen molar-refractivity contribution in [2.24, 2.45) is 5.84 Å². The molecule has 1 aromatic carbocycles. The van der Waals surface area contributed by atoms with Gasteiger partial charge in [0, 0.05) is 9.35 Å². The minimum atomic E-state index is 0.138. The van der Waals surface area contributed by atoms with Gasteiger partial charge >= 0.3 is 0 Å². The Bertz CT molecular complexity index is 520. The molecule has 1 heterocycles. The highest BCUT2D eigenvalue weighted by molar-refractivity contribution is 9.13. The van der Waals surface area contributed by atoms with E-state index < -0.39 is 0 Å². The van der Waals surface area contributed by atoms with Crippen LogP contribution in [0.4, 0.5) is 0 Å². The van der Waals surface area contributed by atoms with Gasteiger partial charge in [-0.3, -0.25) is 11.3 Å². The van der Waals surface area contributed by atoms with E-state index in [1.165, 1.54) is 16.0 Å². The summed E-state index contributed by atoms with van der Waals surface area (Å²) in [4.78, 5) is 1.22. The van der Waals surface area contributed by atoms with Gasteiger partial charge in [-0.05, 0) is 62.4 Å². The van der Waals surface area contributed by atoms with Gasteiger partial charge in [0.2, 0.25) is 0 Å². The van der Waals surface area contributed by atoms with E-state index in [0.29, 0.717) is 0 Å². The molecule has 0 saturated heterocycles. The first-order valence-corrected chi connectivity index (χ1v) is 7.97. The third-order valence-electron chi connectivity index (χ3n) is 2.89. The fraction of sp³-hybridized carbons (Fsp3) is 0.231. The molecule has 0 aliphatic rings. The van der Waals surface area contributed by atoms with Crippen molar-refractivity contribution in [3.8, 4) is 0 Å². The Labute approximate surface area is 128 Å². The Hall–Kier alpha value is -0.200. The number of hydrogen-bond acceptors (Lipinski definition) is 3. The lowest BCUT2D eigenvalue weighted by Gasteiger charge is -2.15. The van der Waals surface area contributed by atoms with E-state index in [1.807, 2.05) is 0 Å². The van der Waals surface area contributed by atoms with Crippen LogP contribution in [0.2, 0.25) is 0 Å². The summed E-state index contributed by atoms with van der Waals surface area (Å²) in [6.45, 7) is 2.13. The lowest BCUT2D eigenvalue weighted by molar-refractivity contribution is 0.559. The Morgan fingerprint density at radius 3 is 2.61 bits per heavy atom. The predicted octanol–water partition coefficient (Wildman–Crippen LogP) is 4.33. The number of hydrazine groups is 1. The van der Waals surface area contributed by atoms with Crippen molar-refractivity contribution in [2.75, 3.05) is 0 Å². The molecule has 2 aromatic rings. The molecule has 5 heteroatoms. The molecule has 1 aromatic heterocycles. The van der Waals surface area contributed by atoms with Crippen molar-refractivity contribution >= 4 is 43.2 Å². The molecule has 0 aliphatic carbocycles. The zero-order chi connectivity index (χ0) is 13.1. The average Bonchev–Trinajstić information content (AvgIpc) is 2.68. The first kappa shape index (κ1) is 14.2. The fourth-order valence-electron chi connectivity index (χ4n) is 1.84. The molecule has 0 aliphatic heterocycles. The SMILES string of the molecule is Cc1ccccc1CC(NN)c1cc(Br)c(Br)s1. The van der Waals surface area contributed by atoms with E-state index in [4.69, 9.17) is 5.84 Å². The average molecular weight is 390 g/mol. The van der Waals surface area contributed by atoms with Crippen LogP contribution in [0, 0.1) is 6.92 Å². The standard InChI is InChI=1S/C13H14Br2N2S/c1-8-4-2-3-5-9(8)6-11(17-16)12-7-10(14)13(15)18-12/h2-5,7,11,17H,6,16H2,1H3. The molecule has 96 valence electrons. The Balaban J connectivity index is 2.22. The van der Waals surface area contributed by atoms with Crippen LogP contribution in [0.3, 0.4) is 0 Å². The molecular weight excluding hydrogens is 376 g/mol. The smallest absolute Gasteiger partial charge is 0.0843 e. The Morgan fingerprint density at radius 2 is 2.06 bits per heavy atom. The number of aryl methyl sites for hydroxylation is 1. The third-order valence-corrected chi connectivity index (χ3v) is 6.26. The van der Waals surface area contributed by atoms with Gasteiger partial charge in [-0.15, -0.1) is 11.3 Å². The Morgan fingerprint density at radius 1 is 1.33 bits per heavy atom. The zero-order valence-corrected chi connectivity index (χ0v) is 13.9. The van der Waals surface area contributed by atoms with E-state index in [-0.39, 0.29) is 6.04 Å². The van der Waals surface area contributed by atoms with Gasteiger partial charge in [0.05, 0.1) is 9.83 Å². The van der Waals surface area contributed by atoms with Gasteiger partial charge in [0.15, 0.2) is 0 Å². The van der Waals surface area contributed by atoms with E-state index in [1.54, 1.807) is 11.3 Å². The first-order chi connectivity index (χ1) is 8.61. The van der Waals surface area contributed by atoms with Gasteiger partial charge in [-0.2, -0.15) is 0 Å². The summed E-state index contributed by atoms with van der Waals surface area (Å²) in [5, 5.41) is 0.